The van der Waals surface area contributed by atoms with Gasteiger partial charge in [0.2, 0.25) is 5.91 Å². The van der Waals surface area contributed by atoms with Gasteiger partial charge in [-0.1, -0.05) is 42.3 Å². The van der Waals surface area contributed by atoms with E-state index in [4.69, 9.17) is 32.7 Å². The molecule has 0 spiro atoms. The maximum atomic E-state index is 13.7. The third-order valence-corrected chi connectivity index (χ3v) is 5.80. The number of rotatable bonds is 8. The number of carbonyl (C=O) groups excluding carboxylic acids is 2. The van der Waals surface area contributed by atoms with Gasteiger partial charge >= 0.3 is 12.1 Å². The number of benzene rings is 2. The first-order valence-electron chi connectivity index (χ1n) is 10.8. The Morgan fingerprint density at radius 1 is 1.03 bits per heavy atom. The minimum absolute atomic E-state index is 0.0879. The van der Waals surface area contributed by atoms with E-state index in [0.717, 1.165) is 6.92 Å². The number of esters is 1. The van der Waals surface area contributed by atoms with Gasteiger partial charge in [0, 0.05) is 6.42 Å². The van der Waals surface area contributed by atoms with Gasteiger partial charge in [-0.15, -0.1) is 0 Å². The molecule has 0 bridgehead atoms. The van der Waals surface area contributed by atoms with Crippen molar-refractivity contribution in [1.29, 1.82) is 0 Å². The second-order valence-corrected chi connectivity index (χ2v) is 9.91. The van der Waals surface area contributed by atoms with Crippen molar-refractivity contribution in [2.75, 3.05) is 12.4 Å². The van der Waals surface area contributed by atoms with Crippen molar-refractivity contribution in [2.45, 2.75) is 58.2 Å². The Balaban J connectivity index is 2.30. The van der Waals surface area contributed by atoms with E-state index in [0.29, 0.717) is 12.0 Å². The standard InChI is InChI=1S/C25H28Cl2F3NO4/c1-14(25(28,29)30)22(16-8-10-18(27)20(13-16)34-5)23(33)31-19-12-15(6-9-17(19)26)7-11-21(32)35-24(2,3)4/h6,8-10,12-14,22H,7,11H2,1-5H3,(H,31,33). The highest BCUT2D eigenvalue weighted by Crippen LogP contribution is 2.40. The van der Waals surface area contributed by atoms with Crippen molar-refractivity contribution in [3.05, 3.63) is 57.6 Å². The SMILES string of the molecule is COc1cc(C(C(=O)Nc2cc(CCC(=O)OC(C)(C)C)ccc2Cl)C(C)C(F)(F)F)ccc1Cl. The lowest BCUT2D eigenvalue weighted by Gasteiger charge is -2.26. The predicted octanol–water partition coefficient (Wildman–Crippen LogP) is 7.20. The van der Waals surface area contributed by atoms with Crippen LogP contribution in [-0.4, -0.2) is 30.8 Å². The second kappa shape index (κ2) is 11.5. The van der Waals surface area contributed by atoms with Crippen LogP contribution in [0.1, 0.15) is 51.2 Å². The van der Waals surface area contributed by atoms with Crippen LogP contribution in [-0.2, 0) is 20.7 Å². The molecule has 0 saturated carbocycles. The van der Waals surface area contributed by atoms with Crippen LogP contribution in [0.15, 0.2) is 36.4 Å². The van der Waals surface area contributed by atoms with Crippen LogP contribution >= 0.6 is 23.2 Å². The minimum Gasteiger partial charge on any atom is -0.495 e. The summed E-state index contributed by atoms with van der Waals surface area (Å²) in [5.41, 5.74) is 0.263. The normalized spacial score (nSPS) is 13.7. The van der Waals surface area contributed by atoms with Crippen molar-refractivity contribution in [2.24, 2.45) is 5.92 Å². The van der Waals surface area contributed by atoms with Crippen molar-refractivity contribution in [3.8, 4) is 5.75 Å². The van der Waals surface area contributed by atoms with Crippen LogP contribution < -0.4 is 10.1 Å². The van der Waals surface area contributed by atoms with Crippen LogP contribution in [0.4, 0.5) is 18.9 Å². The number of nitrogens with one attached hydrogen (secondary N) is 1. The Labute approximate surface area is 212 Å². The molecule has 0 fully saturated rings. The highest BCUT2D eigenvalue weighted by molar-refractivity contribution is 6.33. The molecule has 0 aromatic heterocycles. The van der Waals surface area contributed by atoms with Crippen LogP contribution in [0.25, 0.3) is 0 Å². The number of anilines is 1. The fraction of sp³-hybridized carbons (Fsp3) is 0.440. The molecule has 10 heteroatoms. The summed E-state index contributed by atoms with van der Waals surface area (Å²) in [6.45, 7) is 6.21. The van der Waals surface area contributed by atoms with Gasteiger partial charge in [0.15, 0.2) is 0 Å². The fourth-order valence-corrected chi connectivity index (χ4v) is 3.76. The van der Waals surface area contributed by atoms with Gasteiger partial charge in [-0.25, -0.2) is 0 Å². The van der Waals surface area contributed by atoms with Gasteiger partial charge in [-0.3, -0.25) is 9.59 Å². The van der Waals surface area contributed by atoms with Crippen LogP contribution in [0, 0.1) is 5.92 Å². The molecule has 0 radical (unpaired) electrons. The van der Waals surface area contributed by atoms with E-state index in [-0.39, 0.29) is 33.5 Å². The molecule has 1 amide bonds. The molecule has 2 aromatic carbocycles. The Bertz CT molecular complexity index is 1070. The van der Waals surface area contributed by atoms with Gasteiger partial charge in [-0.05, 0) is 62.6 Å². The number of hydrogen-bond donors (Lipinski definition) is 1. The molecule has 2 aromatic rings. The number of amides is 1. The van der Waals surface area contributed by atoms with Crippen molar-refractivity contribution < 1.29 is 32.2 Å². The summed E-state index contributed by atoms with van der Waals surface area (Å²) >= 11 is 12.2. The van der Waals surface area contributed by atoms with Crippen LogP contribution in [0.5, 0.6) is 5.75 Å². The maximum absolute atomic E-state index is 13.7. The number of methoxy groups -OCH3 is 1. The quantitative estimate of drug-likeness (QED) is 0.364. The van der Waals surface area contributed by atoms with Crippen LogP contribution in [0.2, 0.25) is 10.0 Å². The molecule has 0 aliphatic heterocycles. The highest BCUT2D eigenvalue weighted by Gasteiger charge is 2.45. The Hall–Kier alpha value is -2.45. The maximum Gasteiger partial charge on any atom is 0.392 e. The summed E-state index contributed by atoms with van der Waals surface area (Å²) in [6.07, 6.45) is -4.26. The molecule has 0 aliphatic carbocycles. The van der Waals surface area contributed by atoms with Crippen molar-refractivity contribution in [3.63, 3.8) is 0 Å². The molecule has 2 atom stereocenters. The number of halogens is 5. The van der Waals surface area contributed by atoms with Gasteiger partial charge in [0.25, 0.3) is 0 Å². The van der Waals surface area contributed by atoms with E-state index < -0.39 is 35.5 Å². The largest absolute Gasteiger partial charge is 0.495 e. The van der Waals surface area contributed by atoms with Gasteiger partial charge in [0.1, 0.15) is 11.4 Å². The van der Waals surface area contributed by atoms with E-state index in [1.54, 1.807) is 26.8 Å². The van der Waals surface area contributed by atoms with Crippen molar-refractivity contribution in [1.82, 2.24) is 0 Å². The van der Waals surface area contributed by atoms with Gasteiger partial charge < -0.3 is 14.8 Å². The predicted molar refractivity (Wildman–Crippen MR) is 130 cm³/mol. The van der Waals surface area contributed by atoms with E-state index in [9.17, 15) is 22.8 Å². The molecule has 5 nitrogen and oxygen atoms in total. The smallest absolute Gasteiger partial charge is 0.392 e. The van der Waals surface area contributed by atoms with Crippen molar-refractivity contribution >= 4 is 40.8 Å². The molecule has 0 saturated heterocycles. The highest BCUT2D eigenvalue weighted by atomic mass is 35.5. The van der Waals surface area contributed by atoms with E-state index in [2.05, 4.69) is 5.32 Å². The Morgan fingerprint density at radius 2 is 1.66 bits per heavy atom. The topological polar surface area (TPSA) is 64.6 Å². The number of alkyl halides is 3. The first kappa shape index (κ1) is 28.8. The third-order valence-electron chi connectivity index (χ3n) is 5.16. The second-order valence-electron chi connectivity index (χ2n) is 9.09. The average molecular weight is 534 g/mol. The zero-order valence-electron chi connectivity index (χ0n) is 20.1. The lowest BCUT2D eigenvalue weighted by molar-refractivity contribution is -0.178. The first-order chi connectivity index (χ1) is 16.1. The zero-order chi connectivity index (χ0) is 26.6. The molecular formula is C25H28Cl2F3NO4. The summed E-state index contributed by atoms with van der Waals surface area (Å²) in [7, 11) is 1.33. The summed E-state index contributed by atoms with van der Waals surface area (Å²) in [6, 6.07) is 8.76. The molecule has 2 unspecified atom stereocenters. The molecule has 0 heterocycles. The third kappa shape index (κ3) is 8.32. The summed E-state index contributed by atoms with van der Waals surface area (Å²) in [5.74, 6) is -4.75. The van der Waals surface area contributed by atoms with Gasteiger partial charge in [0.05, 0.1) is 34.7 Å². The summed E-state index contributed by atoms with van der Waals surface area (Å²) in [4.78, 5) is 25.2. The molecule has 35 heavy (non-hydrogen) atoms. The lowest BCUT2D eigenvalue weighted by atomic mass is 9.85. The van der Waals surface area contributed by atoms with E-state index >= 15 is 0 Å². The lowest BCUT2D eigenvalue weighted by Crippen LogP contribution is -2.34. The monoisotopic (exact) mass is 533 g/mol. The average Bonchev–Trinajstić information content (AvgIpc) is 2.73. The molecule has 2 rings (SSSR count). The number of ether oxygens (including phenoxy) is 2. The van der Waals surface area contributed by atoms with Gasteiger partial charge in [-0.2, -0.15) is 13.2 Å². The molecule has 1 N–H and O–H groups in total. The van der Waals surface area contributed by atoms with Crippen LogP contribution in [0.3, 0.4) is 0 Å². The molecule has 0 aliphatic rings. The number of hydrogen-bond acceptors (Lipinski definition) is 4. The Kier molecular flexibility index (Phi) is 9.48. The summed E-state index contributed by atoms with van der Waals surface area (Å²) in [5, 5.41) is 2.87. The van der Waals surface area contributed by atoms with E-state index in [1.165, 1.54) is 37.4 Å². The minimum atomic E-state index is -4.64. The summed E-state index contributed by atoms with van der Waals surface area (Å²) < 4.78 is 51.4. The molecule has 192 valence electrons. The number of aryl methyl sites for hydroxylation is 1. The molecular weight excluding hydrogens is 506 g/mol. The number of carbonyl (C=O) groups is 2. The Morgan fingerprint density at radius 3 is 2.23 bits per heavy atom. The zero-order valence-corrected chi connectivity index (χ0v) is 21.6. The fourth-order valence-electron chi connectivity index (χ4n) is 3.40. The van der Waals surface area contributed by atoms with E-state index in [1.807, 2.05) is 0 Å². The first-order valence-corrected chi connectivity index (χ1v) is 11.6.